The molecular weight excluding hydrogens is 267 g/mol. The third kappa shape index (κ3) is 4.66. The summed E-state index contributed by atoms with van der Waals surface area (Å²) in [6.45, 7) is 0. The SMILES string of the molecule is CS(=O)(=O)c1ccc([C@H](N)CCC(F)(F)F)cc1. The molecule has 1 atom stereocenters. The molecule has 0 spiro atoms. The van der Waals surface area contributed by atoms with Crippen molar-refractivity contribution >= 4 is 9.84 Å². The van der Waals surface area contributed by atoms with Gasteiger partial charge in [-0.25, -0.2) is 8.42 Å². The fourth-order valence-electron chi connectivity index (χ4n) is 1.45. The van der Waals surface area contributed by atoms with E-state index in [2.05, 4.69) is 0 Å². The summed E-state index contributed by atoms with van der Waals surface area (Å²) in [6, 6.07) is 4.82. The summed E-state index contributed by atoms with van der Waals surface area (Å²) in [4.78, 5) is 0.120. The molecule has 0 aliphatic rings. The molecule has 1 aromatic rings. The Hall–Kier alpha value is -1.08. The number of sulfone groups is 1. The second kappa shape index (κ2) is 5.27. The first-order valence-electron chi connectivity index (χ1n) is 5.22. The maximum atomic E-state index is 12.0. The van der Waals surface area contributed by atoms with Crippen LogP contribution in [0.3, 0.4) is 0 Å². The van der Waals surface area contributed by atoms with Gasteiger partial charge in [-0.05, 0) is 24.1 Å². The molecule has 0 amide bonds. The van der Waals surface area contributed by atoms with Gasteiger partial charge in [-0.1, -0.05) is 12.1 Å². The average molecular weight is 281 g/mol. The van der Waals surface area contributed by atoms with Crippen molar-refractivity contribution in [1.82, 2.24) is 0 Å². The molecule has 0 bridgehead atoms. The number of alkyl halides is 3. The first-order chi connectivity index (χ1) is 8.09. The van der Waals surface area contributed by atoms with Crippen LogP contribution >= 0.6 is 0 Å². The molecule has 102 valence electrons. The van der Waals surface area contributed by atoms with E-state index in [9.17, 15) is 21.6 Å². The van der Waals surface area contributed by atoms with Crippen LogP contribution < -0.4 is 5.73 Å². The molecule has 1 aromatic carbocycles. The van der Waals surface area contributed by atoms with Crippen molar-refractivity contribution in [2.45, 2.75) is 30.0 Å². The maximum Gasteiger partial charge on any atom is 0.389 e. The standard InChI is InChI=1S/C11H14F3NO2S/c1-18(16,17)9-4-2-8(3-5-9)10(15)6-7-11(12,13)14/h2-5,10H,6-7,15H2,1H3/t10-/m1/s1. The fraction of sp³-hybridized carbons (Fsp3) is 0.455. The lowest BCUT2D eigenvalue weighted by atomic mass is 10.0. The summed E-state index contributed by atoms with van der Waals surface area (Å²) < 4.78 is 58.4. The molecule has 0 aliphatic heterocycles. The third-order valence-electron chi connectivity index (χ3n) is 2.48. The van der Waals surface area contributed by atoms with Crippen LogP contribution in [0.25, 0.3) is 0 Å². The smallest absolute Gasteiger partial charge is 0.324 e. The lowest BCUT2D eigenvalue weighted by molar-refractivity contribution is -0.136. The number of hydrogen-bond donors (Lipinski definition) is 1. The van der Waals surface area contributed by atoms with Gasteiger partial charge < -0.3 is 5.73 Å². The maximum absolute atomic E-state index is 12.0. The van der Waals surface area contributed by atoms with E-state index < -0.39 is 28.5 Å². The van der Waals surface area contributed by atoms with E-state index >= 15 is 0 Å². The minimum absolute atomic E-state index is 0.120. The van der Waals surface area contributed by atoms with E-state index in [1.54, 1.807) is 0 Å². The molecule has 2 N–H and O–H groups in total. The highest BCUT2D eigenvalue weighted by molar-refractivity contribution is 7.90. The zero-order chi connectivity index (χ0) is 14.0. The first-order valence-corrected chi connectivity index (χ1v) is 7.11. The molecule has 0 saturated carbocycles. The number of rotatable bonds is 4. The Labute approximate surface area is 104 Å². The van der Waals surface area contributed by atoms with Crippen molar-refractivity contribution in [2.75, 3.05) is 6.26 Å². The Balaban J connectivity index is 2.74. The van der Waals surface area contributed by atoms with Gasteiger partial charge in [-0.2, -0.15) is 13.2 Å². The van der Waals surface area contributed by atoms with Crippen LogP contribution in [0, 0.1) is 0 Å². The van der Waals surface area contributed by atoms with Crippen molar-refractivity contribution in [2.24, 2.45) is 5.73 Å². The molecule has 0 saturated heterocycles. The van der Waals surface area contributed by atoms with Crippen LogP contribution in [0.15, 0.2) is 29.2 Å². The quantitative estimate of drug-likeness (QED) is 0.922. The number of benzene rings is 1. The van der Waals surface area contributed by atoms with Gasteiger partial charge in [-0.15, -0.1) is 0 Å². The van der Waals surface area contributed by atoms with E-state index in [0.29, 0.717) is 5.56 Å². The van der Waals surface area contributed by atoms with Crippen LogP contribution in [0.4, 0.5) is 13.2 Å². The zero-order valence-electron chi connectivity index (χ0n) is 9.74. The summed E-state index contributed by atoms with van der Waals surface area (Å²) >= 11 is 0. The highest BCUT2D eigenvalue weighted by Gasteiger charge is 2.27. The summed E-state index contributed by atoms with van der Waals surface area (Å²) in [5, 5.41) is 0. The fourth-order valence-corrected chi connectivity index (χ4v) is 2.08. The summed E-state index contributed by atoms with van der Waals surface area (Å²) in [5.41, 5.74) is 6.10. The highest BCUT2D eigenvalue weighted by Crippen LogP contribution is 2.26. The van der Waals surface area contributed by atoms with E-state index in [-0.39, 0.29) is 11.3 Å². The van der Waals surface area contributed by atoms with Crippen molar-refractivity contribution < 1.29 is 21.6 Å². The number of nitrogens with two attached hydrogens (primary N) is 1. The molecule has 7 heteroatoms. The zero-order valence-corrected chi connectivity index (χ0v) is 10.6. The lowest BCUT2D eigenvalue weighted by Gasteiger charge is -2.13. The predicted octanol–water partition coefficient (Wildman–Crippen LogP) is 2.43. The summed E-state index contributed by atoms with van der Waals surface area (Å²) in [7, 11) is -3.30. The van der Waals surface area contributed by atoms with E-state index in [1.165, 1.54) is 24.3 Å². The Bertz CT molecular complexity index is 494. The van der Waals surface area contributed by atoms with Crippen LogP contribution in [0.5, 0.6) is 0 Å². The molecule has 0 heterocycles. The molecule has 0 radical (unpaired) electrons. The predicted molar refractivity (Wildman–Crippen MR) is 61.8 cm³/mol. The molecule has 0 unspecified atom stereocenters. The Morgan fingerprint density at radius 3 is 2.11 bits per heavy atom. The molecule has 0 fully saturated rings. The number of hydrogen-bond acceptors (Lipinski definition) is 3. The van der Waals surface area contributed by atoms with Gasteiger partial charge in [0.15, 0.2) is 9.84 Å². The van der Waals surface area contributed by atoms with Gasteiger partial charge in [0.05, 0.1) is 4.90 Å². The molecule has 1 rings (SSSR count). The monoisotopic (exact) mass is 281 g/mol. The molecular formula is C11H14F3NO2S. The first kappa shape index (κ1) is 15.0. The second-order valence-corrected chi connectivity index (χ2v) is 6.12. The number of halogens is 3. The molecule has 3 nitrogen and oxygen atoms in total. The Morgan fingerprint density at radius 1 is 1.22 bits per heavy atom. The van der Waals surface area contributed by atoms with Crippen molar-refractivity contribution in [1.29, 1.82) is 0 Å². The summed E-state index contributed by atoms with van der Waals surface area (Å²) in [6.07, 6.45) is -4.35. The van der Waals surface area contributed by atoms with Crippen molar-refractivity contribution in [3.05, 3.63) is 29.8 Å². The van der Waals surface area contributed by atoms with Crippen LogP contribution in [0.1, 0.15) is 24.4 Å². The van der Waals surface area contributed by atoms with Crippen LogP contribution in [-0.4, -0.2) is 20.8 Å². The van der Waals surface area contributed by atoms with E-state index in [4.69, 9.17) is 5.73 Å². The minimum atomic E-state index is -4.23. The normalized spacial score (nSPS) is 14.5. The van der Waals surface area contributed by atoms with Gasteiger partial charge in [-0.3, -0.25) is 0 Å². The minimum Gasteiger partial charge on any atom is -0.324 e. The van der Waals surface area contributed by atoms with Crippen LogP contribution in [0.2, 0.25) is 0 Å². The Morgan fingerprint density at radius 2 is 1.72 bits per heavy atom. The van der Waals surface area contributed by atoms with Crippen molar-refractivity contribution in [3.63, 3.8) is 0 Å². The average Bonchev–Trinajstić information content (AvgIpc) is 2.24. The van der Waals surface area contributed by atoms with Gasteiger partial charge in [0.1, 0.15) is 0 Å². The third-order valence-corrected chi connectivity index (χ3v) is 3.60. The van der Waals surface area contributed by atoms with Gasteiger partial charge in [0, 0.05) is 18.7 Å². The highest BCUT2D eigenvalue weighted by atomic mass is 32.2. The van der Waals surface area contributed by atoms with Crippen LogP contribution in [-0.2, 0) is 9.84 Å². The second-order valence-electron chi connectivity index (χ2n) is 4.10. The van der Waals surface area contributed by atoms with Gasteiger partial charge in [0.2, 0.25) is 0 Å². The molecule has 18 heavy (non-hydrogen) atoms. The van der Waals surface area contributed by atoms with Gasteiger partial charge in [0.25, 0.3) is 0 Å². The Kier molecular flexibility index (Phi) is 4.39. The van der Waals surface area contributed by atoms with Gasteiger partial charge >= 0.3 is 6.18 Å². The lowest BCUT2D eigenvalue weighted by Crippen LogP contribution is -2.15. The molecule has 0 aliphatic carbocycles. The van der Waals surface area contributed by atoms with Crippen molar-refractivity contribution in [3.8, 4) is 0 Å². The molecule has 0 aromatic heterocycles. The summed E-state index contributed by atoms with van der Waals surface area (Å²) in [5.74, 6) is 0. The van der Waals surface area contributed by atoms with E-state index in [1.807, 2.05) is 0 Å². The largest absolute Gasteiger partial charge is 0.389 e. The topological polar surface area (TPSA) is 60.2 Å². The van der Waals surface area contributed by atoms with E-state index in [0.717, 1.165) is 6.26 Å².